The molecule has 4 heteroatoms. The molecule has 0 radical (unpaired) electrons. The zero-order valence-electron chi connectivity index (χ0n) is 14.1. The lowest BCUT2D eigenvalue weighted by molar-refractivity contribution is 0.0708. The molecule has 0 aromatic heterocycles. The molecule has 1 aliphatic heterocycles. The van der Waals surface area contributed by atoms with Crippen LogP contribution in [0.3, 0.4) is 0 Å². The van der Waals surface area contributed by atoms with E-state index < -0.39 is 0 Å². The van der Waals surface area contributed by atoms with Crippen molar-refractivity contribution in [3.8, 4) is 5.75 Å². The zero-order valence-corrected chi connectivity index (χ0v) is 14.1. The number of carbonyl (C=O) groups excluding carboxylic acids is 1. The molecule has 2 aromatic rings. The Morgan fingerprint density at radius 1 is 1.17 bits per heavy atom. The van der Waals surface area contributed by atoms with Gasteiger partial charge in [-0.2, -0.15) is 0 Å². The van der Waals surface area contributed by atoms with Crippen LogP contribution in [0.5, 0.6) is 5.75 Å². The summed E-state index contributed by atoms with van der Waals surface area (Å²) in [5.74, 6) is 0.843. The Kier molecular flexibility index (Phi) is 5.49. The largest absolute Gasteiger partial charge is 0.489 e. The summed E-state index contributed by atoms with van der Waals surface area (Å²) in [5.41, 5.74) is 1.83. The lowest BCUT2D eigenvalue weighted by Crippen LogP contribution is -2.46. The maximum atomic E-state index is 12.6. The highest BCUT2D eigenvalue weighted by molar-refractivity contribution is 5.94. The highest BCUT2D eigenvalue weighted by Crippen LogP contribution is 2.17. The second-order valence-electron chi connectivity index (χ2n) is 6.21. The van der Waals surface area contributed by atoms with Crippen LogP contribution in [0.15, 0.2) is 54.6 Å². The number of nitrogens with zero attached hydrogens (tertiary/aromatic N) is 1. The molecule has 4 nitrogen and oxygen atoms in total. The SMILES string of the molecule is CN(C(=O)c1ccc(OCc2ccccc2)cc1)C1CCCNC1. The quantitative estimate of drug-likeness (QED) is 0.919. The van der Waals surface area contributed by atoms with Crippen molar-refractivity contribution in [1.82, 2.24) is 10.2 Å². The Hall–Kier alpha value is -2.33. The van der Waals surface area contributed by atoms with E-state index in [1.165, 1.54) is 0 Å². The summed E-state index contributed by atoms with van der Waals surface area (Å²) in [6.45, 7) is 2.45. The molecule has 1 saturated heterocycles. The number of likely N-dealkylation sites (N-methyl/N-ethyl adjacent to an activating group) is 1. The molecule has 1 N–H and O–H groups in total. The van der Waals surface area contributed by atoms with E-state index in [0.717, 1.165) is 37.2 Å². The summed E-state index contributed by atoms with van der Waals surface area (Å²) in [6.07, 6.45) is 2.18. The Morgan fingerprint density at radius 2 is 1.92 bits per heavy atom. The first-order valence-corrected chi connectivity index (χ1v) is 8.49. The maximum absolute atomic E-state index is 12.6. The number of rotatable bonds is 5. The van der Waals surface area contributed by atoms with Gasteiger partial charge < -0.3 is 15.0 Å². The third-order valence-electron chi connectivity index (χ3n) is 4.49. The number of ether oxygens (including phenoxy) is 1. The van der Waals surface area contributed by atoms with Gasteiger partial charge in [0.15, 0.2) is 0 Å². The minimum Gasteiger partial charge on any atom is -0.489 e. The van der Waals surface area contributed by atoms with Crippen LogP contribution in [0.4, 0.5) is 0 Å². The van der Waals surface area contributed by atoms with Crippen molar-refractivity contribution in [2.24, 2.45) is 0 Å². The van der Waals surface area contributed by atoms with Crippen LogP contribution in [-0.4, -0.2) is 37.0 Å². The van der Waals surface area contributed by atoms with E-state index in [0.29, 0.717) is 12.2 Å². The molecule has 1 unspecified atom stereocenters. The van der Waals surface area contributed by atoms with E-state index in [1.807, 2.05) is 66.5 Å². The molecule has 2 aromatic carbocycles. The van der Waals surface area contributed by atoms with Crippen LogP contribution in [0.1, 0.15) is 28.8 Å². The van der Waals surface area contributed by atoms with E-state index in [2.05, 4.69) is 5.32 Å². The summed E-state index contributed by atoms with van der Waals surface area (Å²) in [7, 11) is 1.89. The second-order valence-corrected chi connectivity index (χ2v) is 6.21. The summed E-state index contributed by atoms with van der Waals surface area (Å²) in [5, 5.41) is 3.35. The number of benzene rings is 2. The van der Waals surface area contributed by atoms with Crippen LogP contribution < -0.4 is 10.1 Å². The van der Waals surface area contributed by atoms with Crippen molar-refractivity contribution in [3.05, 3.63) is 65.7 Å². The minimum atomic E-state index is 0.0679. The number of hydrogen-bond acceptors (Lipinski definition) is 3. The van der Waals surface area contributed by atoms with Crippen molar-refractivity contribution in [1.29, 1.82) is 0 Å². The molecule has 1 atom stereocenters. The van der Waals surface area contributed by atoms with Crippen LogP contribution >= 0.6 is 0 Å². The summed E-state index contributed by atoms with van der Waals surface area (Å²) >= 11 is 0. The van der Waals surface area contributed by atoms with Gasteiger partial charge in [-0.3, -0.25) is 4.79 Å². The van der Waals surface area contributed by atoms with Crippen LogP contribution in [-0.2, 0) is 6.61 Å². The predicted octanol–water partition coefficient (Wildman–Crippen LogP) is 3.09. The fraction of sp³-hybridized carbons (Fsp3) is 0.350. The van der Waals surface area contributed by atoms with Crippen LogP contribution in [0, 0.1) is 0 Å². The average Bonchev–Trinajstić information content (AvgIpc) is 2.67. The summed E-state index contributed by atoms with van der Waals surface area (Å²) in [6, 6.07) is 17.7. The van der Waals surface area contributed by atoms with Crippen LogP contribution in [0.2, 0.25) is 0 Å². The van der Waals surface area contributed by atoms with Gasteiger partial charge in [0.05, 0.1) is 0 Å². The van der Waals surface area contributed by atoms with Gasteiger partial charge in [0.25, 0.3) is 5.91 Å². The molecule has 0 bridgehead atoms. The molecule has 126 valence electrons. The molecule has 1 fully saturated rings. The van der Waals surface area contributed by atoms with E-state index in [1.54, 1.807) is 0 Å². The van der Waals surface area contributed by atoms with Gasteiger partial charge in [-0.1, -0.05) is 30.3 Å². The minimum absolute atomic E-state index is 0.0679. The van der Waals surface area contributed by atoms with Crippen molar-refractivity contribution >= 4 is 5.91 Å². The molecule has 24 heavy (non-hydrogen) atoms. The van der Waals surface area contributed by atoms with Gasteiger partial charge in [0, 0.05) is 25.2 Å². The Bertz CT molecular complexity index is 649. The molecule has 1 heterocycles. The molecule has 1 amide bonds. The highest BCUT2D eigenvalue weighted by Gasteiger charge is 2.22. The van der Waals surface area contributed by atoms with Gasteiger partial charge in [-0.25, -0.2) is 0 Å². The summed E-state index contributed by atoms with van der Waals surface area (Å²) in [4.78, 5) is 14.4. The standard InChI is InChI=1S/C20H24N2O2/c1-22(18-8-5-13-21-14-18)20(23)17-9-11-19(12-10-17)24-15-16-6-3-2-4-7-16/h2-4,6-7,9-12,18,21H,5,8,13-15H2,1H3. The molecule has 0 spiro atoms. The molecule has 1 aliphatic rings. The first kappa shape index (κ1) is 16.5. The van der Waals surface area contributed by atoms with Gasteiger partial charge in [0.1, 0.15) is 12.4 Å². The number of amides is 1. The first-order valence-electron chi connectivity index (χ1n) is 8.49. The molecular formula is C20H24N2O2. The van der Waals surface area contributed by atoms with Gasteiger partial charge >= 0.3 is 0 Å². The second kappa shape index (κ2) is 7.97. The fourth-order valence-electron chi connectivity index (χ4n) is 2.97. The smallest absolute Gasteiger partial charge is 0.253 e. The lowest BCUT2D eigenvalue weighted by Gasteiger charge is -2.31. The van der Waals surface area contributed by atoms with Crippen molar-refractivity contribution in [3.63, 3.8) is 0 Å². The predicted molar refractivity (Wildman–Crippen MR) is 95.2 cm³/mol. The normalized spacial score (nSPS) is 17.3. The van der Waals surface area contributed by atoms with Gasteiger partial charge in [0.2, 0.25) is 0 Å². The Morgan fingerprint density at radius 3 is 2.58 bits per heavy atom. The average molecular weight is 324 g/mol. The number of hydrogen-bond donors (Lipinski definition) is 1. The van der Waals surface area contributed by atoms with Crippen molar-refractivity contribution in [2.75, 3.05) is 20.1 Å². The van der Waals surface area contributed by atoms with E-state index in [9.17, 15) is 4.79 Å². The monoisotopic (exact) mass is 324 g/mol. The fourth-order valence-corrected chi connectivity index (χ4v) is 2.97. The zero-order chi connectivity index (χ0) is 16.8. The summed E-state index contributed by atoms with van der Waals surface area (Å²) < 4.78 is 5.77. The third-order valence-corrected chi connectivity index (χ3v) is 4.49. The lowest BCUT2D eigenvalue weighted by atomic mass is 10.1. The third kappa shape index (κ3) is 4.15. The van der Waals surface area contributed by atoms with E-state index in [-0.39, 0.29) is 11.9 Å². The Balaban J connectivity index is 1.58. The molecular weight excluding hydrogens is 300 g/mol. The maximum Gasteiger partial charge on any atom is 0.253 e. The molecule has 3 rings (SSSR count). The first-order chi connectivity index (χ1) is 11.7. The van der Waals surface area contributed by atoms with E-state index in [4.69, 9.17) is 4.74 Å². The van der Waals surface area contributed by atoms with Gasteiger partial charge in [-0.15, -0.1) is 0 Å². The topological polar surface area (TPSA) is 41.6 Å². The highest BCUT2D eigenvalue weighted by atomic mass is 16.5. The van der Waals surface area contributed by atoms with Crippen molar-refractivity contribution in [2.45, 2.75) is 25.5 Å². The molecule has 0 saturated carbocycles. The van der Waals surface area contributed by atoms with Crippen LogP contribution in [0.25, 0.3) is 0 Å². The number of nitrogens with one attached hydrogen (secondary N) is 1. The molecule has 0 aliphatic carbocycles. The van der Waals surface area contributed by atoms with E-state index >= 15 is 0 Å². The Labute approximate surface area is 143 Å². The van der Waals surface area contributed by atoms with Gasteiger partial charge in [-0.05, 0) is 49.2 Å². The van der Waals surface area contributed by atoms with Crippen molar-refractivity contribution < 1.29 is 9.53 Å². The number of carbonyl (C=O) groups is 1. The number of piperidine rings is 1.